The van der Waals surface area contributed by atoms with Gasteiger partial charge in [-0.2, -0.15) is 13.2 Å². The van der Waals surface area contributed by atoms with Gasteiger partial charge in [0.1, 0.15) is 23.8 Å². The first-order valence-corrected chi connectivity index (χ1v) is 8.92. The van der Waals surface area contributed by atoms with E-state index in [9.17, 15) is 17.6 Å². The Morgan fingerprint density at radius 1 is 1.04 bits per heavy atom. The van der Waals surface area contributed by atoms with Gasteiger partial charge in [-0.3, -0.25) is 0 Å². The zero-order chi connectivity index (χ0) is 19.7. The van der Waals surface area contributed by atoms with E-state index in [1.165, 1.54) is 18.2 Å². The molecule has 2 aromatic rings. The molecule has 1 aromatic carbocycles. The summed E-state index contributed by atoms with van der Waals surface area (Å²) in [6, 6.07) is 8.44. The van der Waals surface area contributed by atoms with Crippen LogP contribution in [-0.4, -0.2) is 49.5 Å². The number of anilines is 2. The van der Waals surface area contributed by atoms with Crippen molar-refractivity contribution in [2.24, 2.45) is 0 Å². The van der Waals surface area contributed by atoms with E-state index in [1.54, 1.807) is 12.1 Å². The van der Waals surface area contributed by atoms with Gasteiger partial charge in [0.05, 0.1) is 24.8 Å². The number of aromatic nitrogens is 1. The second-order valence-corrected chi connectivity index (χ2v) is 6.90. The number of nitrogens with zero attached hydrogens (tertiary/aromatic N) is 2. The van der Waals surface area contributed by atoms with Crippen LogP contribution in [0.15, 0.2) is 42.6 Å². The van der Waals surface area contributed by atoms with E-state index < -0.39 is 11.7 Å². The number of rotatable bonds is 3. The number of ether oxygens (including phenoxy) is 2. The van der Waals surface area contributed by atoms with Crippen LogP contribution in [-0.2, 0) is 15.7 Å². The second-order valence-electron chi connectivity index (χ2n) is 6.90. The lowest BCUT2D eigenvalue weighted by Crippen LogP contribution is -2.31. The van der Waals surface area contributed by atoms with Gasteiger partial charge in [-0.25, -0.2) is 9.37 Å². The highest BCUT2D eigenvalue weighted by molar-refractivity contribution is 5.44. The van der Waals surface area contributed by atoms with E-state index in [2.05, 4.69) is 10.3 Å². The van der Waals surface area contributed by atoms with Crippen LogP contribution in [0.25, 0.3) is 0 Å². The normalized spacial score (nSPS) is 23.4. The van der Waals surface area contributed by atoms with Crippen LogP contribution in [0, 0.1) is 5.82 Å². The van der Waals surface area contributed by atoms with Crippen LogP contribution < -0.4 is 10.2 Å². The van der Waals surface area contributed by atoms with Crippen LogP contribution >= 0.6 is 0 Å². The fraction of sp³-hybridized carbons (Fsp3) is 0.421. The van der Waals surface area contributed by atoms with Gasteiger partial charge in [-0.1, -0.05) is 6.07 Å². The molecule has 0 saturated carbocycles. The van der Waals surface area contributed by atoms with Crippen molar-refractivity contribution in [1.82, 2.24) is 4.98 Å². The van der Waals surface area contributed by atoms with Crippen molar-refractivity contribution in [3.63, 3.8) is 0 Å². The van der Waals surface area contributed by atoms with E-state index in [4.69, 9.17) is 9.47 Å². The van der Waals surface area contributed by atoms with Gasteiger partial charge >= 0.3 is 6.18 Å². The monoisotopic (exact) mass is 397 g/mol. The van der Waals surface area contributed by atoms with Crippen LogP contribution in [0.1, 0.15) is 5.56 Å². The Morgan fingerprint density at radius 2 is 1.75 bits per heavy atom. The molecule has 2 aliphatic rings. The molecule has 5 nitrogen and oxygen atoms in total. The minimum absolute atomic E-state index is 0.120. The molecule has 1 N–H and O–H groups in total. The molecule has 150 valence electrons. The predicted molar refractivity (Wildman–Crippen MR) is 94.7 cm³/mol. The first-order valence-electron chi connectivity index (χ1n) is 8.92. The summed E-state index contributed by atoms with van der Waals surface area (Å²) >= 11 is 0. The highest BCUT2D eigenvalue weighted by Crippen LogP contribution is 2.31. The summed E-state index contributed by atoms with van der Waals surface area (Å²) < 4.78 is 63.2. The zero-order valence-corrected chi connectivity index (χ0v) is 14.8. The minimum atomic E-state index is -4.40. The van der Waals surface area contributed by atoms with Crippen molar-refractivity contribution >= 4 is 11.5 Å². The van der Waals surface area contributed by atoms with Crippen molar-refractivity contribution in [1.29, 1.82) is 0 Å². The number of hydrogen-bond donors (Lipinski definition) is 1. The molecule has 0 bridgehead atoms. The van der Waals surface area contributed by atoms with E-state index in [0.717, 1.165) is 12.3 Å². The predicted octanol–water partition coefficient (Wildman–Crippen LogP) is 3.32. The molecular formula is C19H19F4N3O2. The average molecular weight is 397 g/mol. The van der Waals surface area contributed by atoms with Gasteiger partial charge in [-0.05, 0) is 30.3 Å². The molecule has 1 aromatic heterocycles. The first-order chi connectivity index (χ1) is 13.4. The fourth-order valence-corrected chi connectivity index (χ4v) is 3.42. The van der Waals surface area contributed by atoms with Gasteiger partial charge in [0, 0.05) is 25.0 Å². The van der Waals surface area contributed by atoms with E-state index in [1.807, 2.05) is 4.90 Å². The molecule has 2 atom stereocenters. The Labute approximate surface area is 159 Å². The molecule has 4 rings (SSSR count). The lowest BCUT2D eigenvalue weighted by Gasteiger charge is -2.21. The Balaban J connectivity index is 1.35. The standard InChI is InChI=1S/C19H19F4N3O2/c20-13-2-1-3-14(6-13)25-15-10-27-16-8-26(9-17(16)28-11-15)18-5-4-12(7-24-18)19(21,22)23/h1-7,15-17,25H,8-11H2/t16-,17-/m0/s1. The molecule has 0 spiro atoms. The first kappa shape index (κ1) is 18.9. The second kappa shape index (κ2) is 7.56. The summed E-state index contributed by atoms with van der Waals surface area (Å²) in [4.78, 5) is 5.79. The van der Waals surface area contributed by atoms with Gasteiger partial charge in [0.2, 0.25) is 0 Å². The number of alkyl halides is 3. The van der Waals surface area contributed by atoms with Gasteiger partial charge in [-0.15, -0.1) is 0 Å². The Bertz CT molecular complexity index is 800. The SMILES string of the molecule is Fc1cccc(NC2CO[C@H]3CN(c4ccc(C(F)(F)F)cn4)C[C@@H]3OC2)c1. The fourth-order valence-electron chi connectivity index (χ4n) is 3.42. The molecule has 0 amide bonds. The molecule has 3 heterocycles. The van der Waals surface area contributed by atoms with Crippen LogP contribution in [0.3, 0.4) is 0 Å². The van der Waals surface area contributed by atoms with Crippen molar-refractivity contribution in [2.75, 3.05) is 36.5 Å². The highest BCUT2D eigenvalue weighted by Gasteiger charge is 2.38. The number of halogens is 4. The van der Waals surface area contributed by atoms with E-state index in [0.29, 0.717) is 37.8 Å². The lowest BCUT2D eigenvalue weighted by atomic mass is 10.2. The van der Waals surface area contributed by atoms with Crippen LogP contribution in [0.4, 0.5) is 29.1 Å². The largest absolute Gasteiger partial charge is 0.417 e. The summed E-state index contributed by atoms with van der Waals surface area (Å²) in [5.74, 6) is 0.139. The van der Waals surface area contributed by atoms with Crippen molar-refractivity contribution in [2.45, 2.75) is 24.4 Å². The number of pyridine rings is 1. The summed E-state index contributed by atoms with van der Waals surface area (Å²) in [6.45, 7) is 1.73. The molecule has 2 fully saturated rings. The maximum absolute atomic E-state index is 13.3. The average Bonchev–Trinajstić information content (AvgIpc) is 2.98. The van der Waals surface area contributed by atoms with E-state index >= 15 is 0 Å². The number of benzene rings is 1. The summed E-state index contributed by atoms with van der Waals surface area (Å²) in [6.07, 6.45) is -3.98. The molecule has 2 saturated heterocycles. The summed E-state index contributed by atoms with van der Waals surface area (Å²) in [5, 5.41) is 3.19. The van der Waals surface area contributed by atoms with Crippen molar-refractivity contribution < 1.29 is 27.0 Å². The molecule has 9 heteroatoms. The van der Waals surface area contributed by atoms with Gasteiger partial charge in [0.15, 0.2) is 0 Å². The highest BCUT2D eigenvalue weighted by atomic mass is 19.4. The molecule has 0 radical (unpaired) electrons. The van der Waals surface area contributed by atoms with Crippen molar-refractivity contribution in [3.05, 3.63) is 54.0 Å². The maximum Gasteiger partial charge on any atom is 0.417 e. The Kier molecular flexibility index (Phi) is 5.11. The third kappa shape index (κ3) is 4.20. The molecular weight excluding hydrogens is 378 g/mol. The van der Waals surface area contributed by atoms with Crippen LogP contribution in [0.2, 0.25) is 0 Å². The van der Waals surface area contributed by atoms with Crippen molar-refractivity contribution in [3.8, 4) is 0 Å². The quantitative estimate of drug-likeness (QED) is 0.806. The van der Waals surface area contributed by atoms with E-state index in [-0.39, 0.29) is 24.1 Å². The molecule has 28 heavy (non-hydrogen) atoms. The number of nitrogens with one attached hydrogen (secondary N) is 1. The Morgan fingerprint density at radius 3 is 2.32 bits per heavy atom. The number of fused-ring (bicyclic) bond motifs is 1. The smallest absolute Gasteiger partial charge is 0.378 e. The summed E-state index contributed by atoms with van der Waals surface area (Å²) in [5.41, 5.74) is -0.122. The zero-order valence-electron chi connectivity index (χ0n) is 14.8. The van der Waals surface area contributed by atoms with Gasteiger partial charge < -0.3 is 19.7 Å². The minimum Gasteiger partial charge on any atom is -0.378 e. The molecule has 0 unspecified atom stereocenters. The summed E-state index contributed by atoms with van der Waals surface area (Å²) in [7, 11) is 0. The third-order valence-corrected chi connectivity index (χ3v) is 4.83. The van der Waals surface area contributed by atoms with Crippen LogP contribution in [0.5, 0.6) is 0 Å². The topological polar surface area (TPSA) is 46.6 Å². The third-order valence-electron chi connectivity index (χ3n) is 4.83. The van der Waals surface area contributed by atoms with Gasteiger partial charge in [0.25, 0.3) is 0 Å². The maximum atomic E-state index is 13.3. The molecule has 0 aliphatic carbocycles. The number of hydrogen-bond acceptors (Lipinski definition) is 5. The molecule has 2 aliphatic heterocycles. The Hall–Kier alpha value is -2.39. The lowest BCUT2D eigenvalue weighted by molar-refractivity contribution is -0.137.